The van der Waals surface area contributed by atoms with Gasteiger partial charge in [-0.15, -0.1) is 0 Å². The summed E-state index contributed by atoms with van der Waals surface area (Å²) in [5.74, 6) is -0.161. The first kappa shape index (κ1) is 21.2. The molecular weight excluding hydrogens is 382 g/mol. The molecule has 29 heavy (non-hydrogen) atoms. The molecule has 0 radical (unpaired) electrons. The summed E-state index contributed by atoms with van der Waals surface area (Å²) >= 11 is 0. The van der Waals surface area contributed by atoms with Crippen molar-refractivity contribution in [2.75, 3.05) is 23.3 Å². The number of aromatic nitrogens is 2. The van der Waals surface area contributed by atoms with E-state index in [1.807, 2.05) is 18.7 Å². The first-order valence-electron chi connectivity index (χ1n) is 9.66. The summed E-state index contributed by atoms with van der Waals surface area (Å²) in [6.45, 7) is 4.51. The molecule has 2 aromatic rings. The van der Waals surface area contributed by atoms with Crippen molar-refractivity contribution in [1.29, 1.82) is 0 Å². The van der Waals surface area contributed by atoms with Crippen LogP contribution in [-0.4, -0.2) is 45.4 Å². The number of anilines is 2. The third-order valence-electron chi connectivity index (χ3n) is 4.69. The normalized spacial score (nSPS) is 15.1. The number of aliphatic hydroxyl groups excluding tert-OH is 2. The van der Waals surface area contributed by atoms with Gasteiger partial charge in [0.05, 0.1) is 24.6 Å². The second-order valence-electron chi connectivity index (χ2n) is 7.28. The summed E-state index contributed by atoms with van der Waals surface area (Å²) in [6.07, 6.45) is 1.04. The number of hydrogen-bond acceptors (Lipinski definition) is 7. The molecule has 1 aromatic heterocycles. The number of rotatable bonds is 7. The largest absolute Gasteiger partial charge is 0.487 e. The van der Waals surface area contributed by atoms with Crippen LogP contribution in [0.15, 0.2) is 18.2 Å². The van der Waals surface area contributed by atoms with Crippen molar-refractivity contribution in [3.8, 4) is 5.75 Å². The van der Waals surface area contributed by atoms with Crippen LogP contribution in [0.5, 0.6) is 5.75 Å². The van der Waals surface area contributed by atoms with Crippen LogP contribution in [0.4, 0.5) is 20.4 Å². The number of benzene rings is 1. The van der Waals surface area contributed by atoms with Gasteiger partial charge in [-0.1, -0.05) is 0 Å². The molecule has 1 fully saturated rings. The quantitative estimate of drug-likeness (QED) is 0.649. The molecule has 1 aliphatic heterocycles. The monoisotopic (exact) mass is 408 g/mol. The van der Waals surface area contributed by atoms with E-state index in [9.17, 15) is 19.0 Å². The van der Waals surface area contributed by atoms with Crippen molar-refractivity contribution in [2.24, 2.45) is 0 Å². The molecule has 3 rings (SSSR count). The molecule has 0 bridgehead atoms. The van der Waals surface area contributed by atoms with Crippen LogP contribution in [-0.2, 0) is 13.2 Å². The highest BCUT2D eigenvalue weighted by atomic mass is 19.1. The van der Waals surface area contributed by atoms with E-state index in [-0.39, 0.29) is 31.1 Å². The van der Waals surface area contributed by atoms with Gasteiger partial charge in [-0.25, -0.2) is 18.7 Å². The van der Waals surface area contributed by atoms with E-state index in [2.05, 4.69) is 15.3 Å². The Morgan fingerprint density at radius 2 is 1.79 bits per heavy atom. The molecule has 0 amide bonds. The number of piperidine rings is 1. The summed E-state index contributed by atoms with van der Waals surface area (Å²) in [5.41, 5.74) is 0.674. The van der Waals surface area contributed by atoms with Gasteiger partial charge in [0, 0.05) is 38.0 Å². The summed E-state index contributed by atoms with van der Waals surface area (Å²) in [5, 5.41) is 22.3. The SMILES string of the molecule is CC(C)Nc1nc(CO)c(CO)nc1N1CCC(Oc2ccc(F)cc2F)CC1. The molecule has 1 aliphatic rings. The van der Waals surface area contributed by atoms with Gasteiger partial charge in [0.1, 0.15) is 11.9 Å². The van der Waals surface area contributed by atoms with Crippen LogP contribution < -0.4 is 15.0 Å². The molecule has 9 heteroatoms. The Bertz CT molecular complexity index is 843. The second kappa shape index (κ2) is 9.32. The zero-order chi connectivity index (χ0) is 21.0. The first-order valence-corrected chi connectivity index (χ1v) is 9.66. The van der Waals surface area contributed by atoms with Gasteiger partial charge < -0.3 is 25.2 Å². The Balaban J connectivity index is 1.74. The average Bonchev–Trinajstić information content (AvgIpc) is 2.70. The van der Waals surface area contributed by atoms with Crippen molar-refractivity contribution in [3.63, 3.8) is 0 Å². The lowest BCUT2D eigenvalue weighted by atomic mass is 10.1. The van der Waals surface area contributed by atoms with Gasteiger partial charge in [0.2, 0.25) is 0 Å². The molecule has 1 saturated heterocycles. The number of nitrogens with one attached hydrogen (secondary N) is 1. The Hall–Kier alpha value is -2.52. The zero-order valence-corrected chi connectivity index (χ0v) is 16.5. The molecule has 7 nitrogen and oxygen atoms in total. The van der Waals surface area contributed by atoms with Crippen LogP contribution in [0.1, 0.15) is 38.1 Å². The highest BCUT2D eigenvalue weighted by molar-refractivity contribution is 5.62. The van der Waals surface area contributed by atoms with Gasteiger partial charge in [0.15, 0.2) is 23.2 Å². The minimum absolute atomic E-state index is 0.0432. The van der Waals surface area contributed by atoms with Gasteiger partial charge in [-0.2, -0.15) is 0 Å². The molecule has 158 valence electrons. The maximum absolute atomic E-state index is 13.8. The van der Waals surface area contributed by atoms with E-state index >= 15 is 0 Å². The summed E-state index contributed by atoms with van der Waals surface area (Å²) in [4.78, 5) is 11.0. The lowest BCUT2D eigenvalue weighted by Gasteiger charge is -2.34. The maximum atomic E-state index is 13.8. The summed E-state index contributed by atoms with van der Waals surface area (Å²) < 4.78 is 32.6. The molecular formula is C20H26F2N4O3. The molecule has 0 unspecified atom stereocenters. The molecule has 0 saturated carbocycles. The summed E-state index contributed by atoms with van der Waals surface area (Å²) in [6, 6.07) is 3.39. The topological polar surface area (TPSA) is 90.7 Å². The van der Waals surface area contributed by atoms with E-state index < -0.39 is 11.6 Å². The van der Waals surface area contributed by atoms with Crippen LogP contribution in [0.3, 0.4) is 0 Å². The number of ether oxygens (including phenoxy) is 1. The predicted octanol–water partition coefficient (Wildman–Crippen LogP) is 2.61. The summed E-state index contributed by atoms with van der Waals surface area (Å²) in [7, 11) is 0. The molecule has 0 atom stereocenters. The molecule has 2 heterocycles. The van der Waals surface area contributed by atoms with E-state index in [0.717, 1.165) is 6.07 Å². The minimum Gasteiger partial charge on any atom is -0.487 e. The van der Waals surface area contributed by atoms with Gasteiger partial charge in [0.25, 0.3) is 0 Å². The van der Waals surface area contributed by atoms with Crippen LogP contribution in [0, 0.1) is 11.6 Å². The Morgan fingerprint density at radius 3 is 2.38 bits per heavy atom. The van der Waals surface area contributed by atoms with Gasteiger partial charge in [-0.3, -0.25) is 0 Å². The predicted molar refractivity (Wildman–Crippen MR) is 105 cm³/mol. The van der Waals surface area contributed by atoms with E-state index in [1.165, 1.54) is 12.1 Å². The number of aliphatic hydroxyl groups is 2. The highest BCUT2D eigenvalue weighted by Crippen LogP contribution is 2.29. The lowest BCUT2D eigenvalue weighted by Crippen LogP contribution is -2.39. The van der Waals surface area contributed by atoms with Gasteiger partial charge in [-0.05, 0) is 26.0 Å². The molecule has 0 aliphatic carbocycles. The third kappa shape index (κ3) is 5.10. The lowest BCUT2D eigenvalue weighted by molar-refractivity contribution is 0.163. The zero-order valence-electron chi connectivity index (χ0n) is 16.5. The Labute approximate surface area is 168 Å². The fourth-order valence-corrected chi connectivity index (χ4v) is 3.27. The first-order chi connectivity index (χ1) is 13.9. The van der Waals surface area contributed by atoms with Crippen molar-refractivity contribution < 1.29 is 23.7 Å². The van der Waals surface area contributed by atoms with Gasteiger partial charge >= 0.3 is 0 Å². The van der Waals surface area contributed by atoms with Crippen molar-refractivity contribution >= 4 is 11.6 Å². The van der Waals surface area contributed by atoms with Crippen molar-refractivity contribution in [3.05, 3.63) is 41.2 Å². The van der Waals surface area contributed by atoms with Crippen LogP contribution in [0.25, 0.3) is 0 Å². The molecule has 1 aromatic carbocycles. The highest BCUT2D eigenvalue weighted by Gasteiger charge is 2.26. The number of halogens is 2. The average molecular weight is 408 g/mol. The minimum atomic E-state index is -0.714. The molecule has 3 N–H and O–H groups in total. The standard InChI is InChI=1S/C20H26F2N4O3/c1-12(2)23-19-20(25-17(11-28)16(10-27)24-19)26-7-5-14(6-8-26)29-18-4-3-13(21)9-15(18)22/h3-4,9,12,14,27-28H,5-8,10-11H2,1-2H3,(H,23,24). The third-order valence-corrected chi connectivity index (χ3v) is 4.69. The number of hydrogen-bond donors (Lipinski definition) is 3. The van der Waals surface area contributed by atoms with Crippen LogP contribution in [0.2, 0.25) is 0 Å². The van der Waals surface area contributed by atoms with E-state index in [0.29, 0.717) is 49.0 Å². The maximum Gasteiger partial charge on any atom is 0.172 e. The Morgan fingerprint density at radius 1 is 1.14 bits per heavy atom. The fraction of sp³-hybridized carbons (Fsp3) is 0.500. The fourth-order valence-electron chi connectivity index (χ4n) is 3.27. The second-order valence-corrected chi connectivity index (χ2v) is 7.28. The molecule has 0 spiro atoms. The Kier molecular flexibility index (Phi) is 6.81. The van der Waals surface area contributed by atoms with Crippen LogP contribution >= 0.6 is 0 Å². The van der Waals surface area contributed by atoms with Crippen molar-refractivity contribution in [1.82, 2.24) is 9.97 Å². The smallest absolute Gasteiger partial charge is 0.172 e. The van der Waals surface area contributed by atoms with E-state index in [1.54, 1.807) is 0 Å². The van der Waals surface area contributed by atoms with E-state index in [4.69, 9.17) is 4.74 Å². The van der Waals surface area contributed by atoms with Crippen molar-refractivity contribution in [2.45, 2.75) is 52.0 Å². The number of nitrogens with zero attached hydrogens (tertiary/aromatic N) is 3.